The van der Waals surface area contributed by atoms with E-state index in [1.165, 1.54) is 36.8 Å². The normalized spacial score (nSPS) is 21.3. The summed E-state index contributed by atoms with van der Waals surface area (Å²) in [6.07, 6.45) is 5.66. The first-order valence-corrected chi connectivity index (χ1v) is 8.60. The van der Waals surface area contributed by atoms with E-state index in [-0.39, 0.29) is 0 Å². The number of alkyl halides is 2. The SMILES string of the molecule is CCCN(C[I-]C)C1(C)CCC1. The molecule has 0 aromatic heterocycles. The summed E-state index contributed by atoms with van der Waals surface area (Å²) in [5.41, 5.74) is 0.603. The molecule has 2 heteroatoms. The summed E-state index contributed by atoms with van der Waals surface area (Å²) in [5.74, 6) is 0. The van der Waals surface area contributed by atoms with Crippen LogP contribution in [0.4, 0.5) is 0 Å². The summed E-state index contributed by atoms with van der Waals surface area (Å²) >= 11 is 0.442. The average molecular weight is 282 g/mol. The summed E-state index contributed by atoms with van der Waals surface area (Å²) in [6.45, 7) is 6.07. The van der Waals surface area contributed by atoms with Crippen LogP contribution in [0.2, 0.25) is 0 Å². The van der Waals surface area contributed by atoms with E-state index in [9.17, 15) is 0 Å². The molecule has 0 aromatic rings. The van der Waals surface area contributed by atoms with Crippen molar-refractivity contribution in [2.45, 2.75) is 45.1 Å². The molecule has 12 heavy (non-hydrogen) atoms. The molecule has 1 rings (SSSR count). The average Bonchev–Trinajstić information content (AvgIpc) is 2.00. The molecule has 1 aliphatic carbocycles. The molecule has 0 unspecified atom stereocenters. The predicted molar refractivity (Wildman–Crippen MR) is 50.0 cm³/mol. The zero-order valence-electron chi connectivity index (χ0n) is 8.57. The Kier molecular flexibility index (Phi) is 4.30. The number of hydrogen-bond acceptors (Lipinski definition) is 1. The van der Waals surface area contributed by atoms with Crippen molar-refractivity contribution < 1.29 is 21.2 Å². The van der Waals surface area contributed by atoms with E-state index in [4.69, 9.17) is 0 Å². The molecular formula is C10H21IN-. The Morgan fingerprint density at radius 3 is 2.42 bits per heavy atom. The minimum atomic E-state index is 0.442. The van der Waals surface area contributed by atoms with E-state index >= 15 is 0 Å². The van der Waals surface area contributed by atoms with Gasteiger partial charge in [0.05, 0.1) is 0 Å². The topological polar surface area (TPSA) is 3.24 Å². The Balaban J connectivity index is 2.40. The van der Waals surface area contributed by atoms with Crippen molar-refractivity contribution >= 4 is 0 Å². The molecule has 1 fully saturated rings. The fourth-order valence-electron chi connectivity index (χ4n) is 1.89. The van der Waals surface area contributed by atoms with Gasteiger partial charge in [-0.1, -0.05) is 0 Å². The number of halogens is 1. The van der Waals surface area contributed by atoms with Crippen LogP contribution in [0.15, 0.2) is 0 Å². The van der Waals surface area contributed by atoms with Gasteiger partial charge in [0, 0.05) is 0 Å². The van der Waals surface area contributed by atoms with Crippen LogP contribution in [0.25, 0.3) is 0 Å². The Bertz CT molecular complexity index is 126. The van der Waals surface area contributed by atoms with E-state index < -0.39 is 0 Å². The van der Waals surface area contributed by atoms with Crippen molar-refractivity contribution in [2.75, 3.05) is 16.0 Å². The summed E-state index contributed by atoms with van der Waals surface area (Å²) < 4.78 is 1.41. The van der Waals surface area contributed by atoms with Crippen molar-refractivity contribution in [1.82, 2.24) is 4.90 Å². The van der Waals surface area contributed by atoms with Gasteiger partial charge in [-0.15, -0.1) is 0 Å². The number of nitrogens with zero attached hydrogens (tertiary/aromatic N) is 1. The fraction of sp³-hybridized carbons (Fsp3) is 1.00. The summed E-state index contributed by atoms with van der Waals surface area (Å²) in [5, 5.41) is 0. The third-order valence-electron chi connectivity index (χ3n) is 2.95. The fourth-order valence-corrected chi connectivity index (χ4v) is 3.88. The third kappa shape index (κ3) is 2.34. The van der Waals surface area contributed by atoms with Gasteiger partial charge in [-0.05, 0) is 0 Å². The van der Waals surface area contributed by atoms with Gasteiger partial charge in [-0.25, -0.2) is 0 Å². The molecular weight excluding hydrogens is 261 g/mol. The molecule has 1 nitrogen and oxygen atoms in total. The first kappa shape index (κ1) is 10.8. The molecule has 74 valence electrons. The van der Waals surface area contributed by atoms with Crippen LogP contribution in [-0.4, -0.2) is 26.5 Å². The summed E-state index contributed by atoms with van der Waals surface area (Å²) in [7, 11) is 0. The monoisotopic (exact) mass is 282 g/mol. The molecule has 1 saturated carbocycles. The second-order valence-corrected chi connectivity index (χ2v) is 6.21. The second-order valence-electron chi connectivity index (χ2n) is 4.00. The van der Waals surface area contributed by atoms with E-state index in [1.54, 1.807) is 0 Å². The molecule has 0 bridgehead atoms. The second kappa shape index (κ2) is 4.80. The minimum absolute atomic E-state index is 0.442. The number of rotatable bonds is 5. The number of hydrogen-bond donors (Lipinski definition) is 0. The van der Waals surface area contributed by atoms with Gasteiger partial charge in [0.25, 0.3) is 0 Å². The van der Waals surface area contributed by atoms with Crippen LogP contribution in [0.3, 0.4) is 0 Å². The molecule has 0 radical (unpaired) electrons. The zero-order valence-corrected chi connectivity index (χ0v) is 10.7. The van der Waals surface area contributed by atoms with E-state index in [0.29, 0.717) is 26.7 Å². The molecule has 0 spiro atoms. The zero-order chi connectivity index (χ0) is 9.03. The van der Waals surface area contributed by atoms with Gasteiger partial charge in [-0.3, -0.25) is 0 Å². The van der Waals surface area contributed by atoms with Gasteiger partial charge in [0.1, 0.15) is 0 Å². The van der Waals surface area contributed by atoms with Crippen molar-refractivity contribution in [1.29, 1.82) is 0 Å². The molecule has 0 aliphatic heterocycles. The van der Waals surface area contributed by atoms with Gasteiger partial charge in [0.15, 0.2) is 0 Å². The van der Waals surface area contributed by atoms with Gasteiger partial charge in [0.2, 0.25) is 0 Å². The predicted octanol–water partition coefficient (Wildman–Crippen LogP) is -0.683. The Morgan fingerprint density at radius 1 is 1.42 bits per heavy atom. The van der Waals surface area contributed by atoms with Crippen molar-refractivity contribution in [2.24, 2.45) is 0 Å². The Morgan fingerprint density at radius 2 is 2.08 bits per heavy atom. The maximum atomic E-state index is 2.74. The molecule has 0 N–H and O–H groups in total. The molecule has 0 saturated heterocycles. The quantitative estimate of drug-likeness (QED) is 0.367. The Labute approximate surface area is 87.2 Å². The Hall–Kier alpha value is 0.690. The van der Waals surface area contributed by atoms with E-state index in [0.717, 1.165) is 0 Å². The van der Waals surface area contributed by atoms with E-state index in [1.807, 2.05) is 0 Å². The molecule has 1 aliphatic rings. The molecule has 0 amide bonds. The van der Waals surface area contributed by atoms with Gasteiger partial charge < -0.3 is 0 Å². The first-order chi connectivity index (χ1) is 5.73. The molecule has 0 aromatic carbocycles. The summed E-state index contributed by atoms with van der Waals surface area (Å²) in [6, 6.07) is 0. The molecule has 0 atom stereocenters. The third-order valence-corrected chi connectivity index (χ3v) is 4.46. The van der Waals surface area contributed by atoms with Crippen LogP contribution in [0, 0.1) is 0 Å². The summed E-state index contributed by atoms with van der Waals surface area (Å²) in [4.78, 5) is 5.13. The van der Waals surface area contributed by atoms with Crippen molar-refractivity contribution in [3.63, 3.8) is 0 Å². The maximum absolute atomic E-state index is 2.74. The van der Waals surface area contributed by atoms with Crippen molar-refractivity contribution in [3.8, 4) is 0 Å². The molecule has 0 heterocycles. The van der Waals surface area contributed by atoms with Crippen LogP contribution < -0.4 is 21.2 Å². The van der Waals surface area contributed by atoms with Crippen LogP contribution >= 0.6 is 0 Å². The van der Waals surface area contributed by atoms with E-state index in [2.05, 4.69) is 23.7 Å². The standard InChI is InChI=1S/C10H21IN/c1-4-8-12(9-11-3)10(2)6-5-7-10/h4-9H2,1-3H3/q-1. The van der Waals surface area contributed by atoms with Crippen molar-refractivity contribution in [3.05, 3.63) is 0 Å². The van der Waals surface area contributed by atoms with Crippen LogP contribution in [0.5, 0.6) is 0 Å². The van der Waals surface area contributed by atoms with Gasteiger partial charge in [-0.2, -0.15) is 0 Å². The van der Waals surface area contributed by atoms with Crippen LogP contribution in [0.1, 0.15) is 39.5 Å². The van der Waals surface area contributed by atoms with Gasteiger partial charge >= 0.3 is 87.2 Å². The van der Waals surface area contributed by atoms with Crippen LogP contribution in [-0.2, 0) is 0 Å². The first-order valence-electron chi connectivity index (χ1n) is 4.92.